The summed E-state index contributed by atoms with van der Waals surface area (Å²) in [7, 11) is 0. The molecule has 3 heteroatoms. The van der Waals surface area contributed by atoms with Crippen molar-refractivity contribution in [1.29, 1.82) is 0 Å². The van der Waals surface area contributed by atoms with Gasteiger partial charge in [0.05, 0.1) is 6.10 Å². The van der Waals surface area contributed by atoms with E-state index in [0.29, 0.717) is 0 Å². The van der Waals surface area contributed by atoms with Crippen molar-refractivity contribution in [1.82, 2.24) is 0 Å². The first-order chi connectivity index (χ1) is 6.34. The van der Waals surface area contributed by atoms with E-state index in [0.717, 1.165) is 10.4 Å². The molecular formula is C11H18O2S. The third-order valence-electron chi connectivity index (χ3n) is 2.36. The number of aliphatic hydroxyl groups is 2. The molecule has 0 aromatic carbocycles. The lowest BCUT2D eigenvalue weighted by atomic mass is 9.85. The van der Waals surface area contributed by atoms with Gasteiger partial charge in [0.15, 0.2) is 0 Å². The molecule has 0 spiro atoms. The Kier molecular flexibility index (Phi) is 3.35. The van der Waals surface area contributed by atoms with Crippen molar-refractivity contribution in [2.45, 2.75) is 39.9 Å². The molecule has 0 bridgehead atoms. The van der Waals surface area contributed by atoms with Gasteiger partial charge >= 0.3 is 0 Å². The summed E-state index contributed by atoms with van der Waals surface area (Å²) in [6.07, 6.45) is -1.49. The fraction of sp³-hybridized carbons (Fsp3) is 0.636. The zero-order valence-electron chi connectivity index (χ0n) is 9.11. The smallest absolute Gasteiger partial charge is 0.115 e. The zero-order valence-corrected chi connectivity index (χ0v) is 9.93. The highest BCUT2D eigenvalue weighted by atomic mass is 32.1. The minimum atomic E-state index is -0.769. The van der Waals surface area contributed by atoms with Gasteiger partial charge in [0.2, 0.25) is 0 Å². The van der Waals surface area contributed by atoms with Crippen molar-refractivity contribution < 1.29 is 10.2 Å². The van der Waals surface area contributed by atoms with Crippen LogP contribution in [0.4, 0.5) is 0 Å². The van der Waals surface area contributed by atoms with Crippen LogP contribution in [0.2, 0.25) is 0 Å². The maximum absolute atomic E-state index is 9.95. The third-order valence-corrected chi connectivity index (χ3v) is 3.45. The van der Waals surface area contributed by atoms with Gasteiger partial charge in [0, 0.05) is 4.88 Å². The highest BCUT2D eigenvalue weighted by molar-refractivity contribution is 7.10. The fourth-order valence-electron chi connectivity index (χ4n) is 1.30. The van der Waals surface area contributed by atoms with Gasteiger partial charge in [-0.05, 0) is 29.3 Å². The molecule has 2 N–H and O–H groups in total. The summed E-state index contributed by atoms with van der Waals surface area (Å²) in [5, 5.41) is 21.8. The summed E-state index contributed by atoms with van der Waals surface area (Å²) in [5.74, 6) is 0. The van der Waals surface area contributed by atoms with Crippen molar-refractivity contribution in [3.63, 3.8) is 0 Å². The van der Waals surface area contributed by atoms with Crippen LogP contribution in [0.15, 0.2) is 11.4 Å². The van der Waals surface area contributed by atoms with Crippen LogP contribution in [0, 0.1) is 12.3 Å². The van der Waals surface area contributed by atoms with E-state index in [4.69, 9.17) is 0 Å². The molecule has 0 saturated heterocycles. The summed E-state index contributed by atoms with van der Waals surface area (Å²) in [6.45, 7) is 7.71. The van der Waals surface area contributed by atoms with Crippen LogP contribution in [0.3, 0.4) is 0 Å². The molecule has 80 valence electrons. The van der Waals surface area contributed by atoms with E-state index in [1.807, 2.05) is 39.1 Å². The molecular weight excluding hydrogens is 196 g/mol. The van der Waals surface area contributed by atoms with Crippen molar-refractivity contribution in [3.8, 4) is 0 Å². The maximum atomic E-state index is 9.95. The minimum absolute atomic E-state index is 0.296. The number of hydrogen-bond donors (Lipinski definition) is 2. The van der Waals surface area contributed by atoms with Gasteiger partial charge in [-0.1, -0.05) is 20.8 Å². The Hall–Kier alpha value is -0.380. The second kappa shape index (κ2) is 4.01. The summed E-state index contributed by atoms with van der Waals surface area (Å²) >= 11 is 1.49. The largest absolute Gasteiger partial charge is 0.389 e. The Morgan fingerprint density at radius 3 is 2.21 bits per heavy atom. The van der Waals surface area contributed by atoms with Gasteiger partial charge in [0.25, 0.3) is 0 Å². The standard InChI is InChI=1S/C11H18O2S/c1-7-5-6-14-9(7)8(12)10(13)11(2,3)4/h5-6,8,10,12-13H,1-4H3. The summed E-state index contributed by atoms with van der Waals surface area (Å²) in [4.78, 5) is 0.868. The number of thiophene rings is 1. The number of aliphatic hydroxyl groups excluding tert-OH is 2. The Bertz CT molecular complexity index is 298. The molecule has 1 heterocycles. The normalized spacial score (nSPS) is 16.7. The number of rotatable bonds is 2. The number of hydrogen-bond acceptors (Lipinski definition) is 3. The van der Waals surface area contributed by atoms with Crippen LogP contribution >= 0.6 is 11.3 Å². The predicted molar refractivity (Wildman–Crippen MR) is 59.5 cm³/mol. The van der Waals surface area contributed by atoms with Crippen molar-refractivity contribution in [2.24, 2.45) is 5.41 Å². The van der Waals surface area contributed by atoms with E-state index in [1.54, 1.807) is 0 Å². The van der Waals surface area contributed by atoms with Gasteiger partial charge < -0.3 is 10.2 Å². The molecule has 14 heavy (non-hydrogen) atoms. The SMILES string of the molecule is Cc1ccsc1C(O)C(O)C(C)(C)C. The molecule has 0 fully saturated rings. The molecule has 0 aliphatic rings. The Labute approximate surface area is 89.2 Å². The van der Waals surface area contributed by atoms with Gasteiger partial charge in [-0.15, -0.1) is 11.3 Å². The van der Waals surface area contributed by atoms with E-state index in [-0.39, 0.29) is 5.41 Å². The Balaban J connectivity index is 2.86. The third kappa shape index (κ3) is 2.35. The summed E-state index contributed by atoms with van der Waals surface area (Å²) < 4.78 is 0. The molecule has 2 unspecified atom stereocenters. The second-order valence-corrected chi connectivity index (χ2v) is 5.67. The first-order valence-corrected chi connectivity index (χ1v) is 5.62. The van der Waals surface area contributed by atoms with Crippen molar-refractivity contribution in [3.05, 3.63) is 21.9 Å². The average Bonchev–Trinajstić information content (AvgIpc) is 2.47. The van der Waals surface area contributed by atoms with Crippen molar-refractivity contribution >= 4 is 11.3 Å². The highest BCUT2D eigenvalue weighted by Crippen LogP contribution is 2.33. The molecule has 1 aromatic rings. The van der Waals surface area contributed by atoms with Gasteiger partial charge in [-0.25, -0.2) is 0 Å². The molecule has 1 rings (SSSR count). The molecule has 0 aliphatic carbocycles. The summed E-state index contributed by atoms with van der Waals surface area (Å²) in [5.41, 5.74) is 0.751. The fourth-order valence-corrected chi connectivity index (χ4v) is 2.25. The number of aryl methyl sites for hydroxylation is 1. The molecule has 0 radical (unpaired) electrons. The molecule has 0 saturated carbocycles. The highest BCUT2D eigenvalue weighted by Gasteiger charge is 2.31. The molecule has 0 amide bonds. The topological polar surface area (TPSA) is 40.5 Å². The zero-order chi connectivity index (χ0) is 10.9. The lowest BCUT2D eigenvalue weighted by Gasteiger charge is -2.29. The van der Waals surface area contributed by atoms with E-state index >= 15 is 0 Å². The lowest BCUT2D eigenvalue weighted by molar-refractivity contribution is -0.0444. The average molecular weight is 214 g/mol. The Morgan fingerprint density at radius 2 is 1.86 bits per heavy atom. The predicted octanol–water partition coefficient (Wildman–Crippen LogP) is 2.50. The lowest BCUT2D eigenvalue weighted by Crippen LogP contribution is -2.32. The van der Waals surface area contributed by atoms with Crippen LogP contribution in [0.1, 0.15) is 37.3 Å². The van der Waals surface area contributed by atoms with Crippen LogP contribution in [-0.2, 0) is 0 Å². The van der Waals surface area contributed by atoms with Crippen LogP contribution in [0.25, 0.3) is 0 Å². The van der Waals surface area contributed by atoms with Gasteiger partial charge in [-0.3, -0.25) is 0 Å². The van der Waals surface area contributed by atoms with E-state index in [9.17, 15) is 10.2 Å². The second-order valence-electron chi connectivity index (χ2n) is 4.72. The first kappa shape index (κ1) is 11.7. The van der Waals surface area contributed by atoms with E-state index in [2.05, 4.69) is 0 Å². The molecule has 0 aliphatic heterocycles. The quantitative estimate of drug-likeness (QED) is 0.794. The van der Waals surface area contributed by atoms with Crippen LogP contribution in [0.5, 0.6) is 0 Å². The van der Waals surface area contributed by atoms with Crippen LogP contribution < -0.4 is 0 Å². The van der Waals surface area contributed by atoms with Crippen LogP contribution in [-0.4, -0.2) is 16.3 Å². The molecule has 1 aromatic heterocycles. The maximum Gasteiger partial charge on any atom is 0.115 e. The minimum Gasteiger partial charge on any atom is -0.389 e. The molecule has 2 atom stereocenters. The van der Waals surface area contributed by atoms with E-state index < -0.39 is 12.2 Å². The summed E-state index contributed by atoms with van der Waals surface area (Å²) in [6, 6.07) is 1.96. The van der Waals surface area contributed by atoms with Crippen molar-refractivity contribution in [2.75, 3.05) is 0 Å². The van der Waals surface area contributed by atoms with Gasteiger partial charge in [0.1, 0.15) is 6.10 Å². The molecule has 2 nitrogen and oxygen atoms in total. The van der Waals surface area contributed by atoms with E-state index in [1.165, 1.54) is 11.3 Å². The Morgan fingerprint density at radius 1 is 1.29 bits per heavy atom. The monoisotopic (exact) mass is 214 g/mol. The first-order valence-electron chi connectivity index (χ1n) is 4.74. The van der Waals surface area contributed by atoms with Gasteiger partial charge in [-0.2, -0.15) is 0 Å².